The Bertz CT molecular complexity index is 396. The van der Waals surface area contributed by atoms with Gasteiger partial charge in [-0.15, -0.1) is 0 Å². The van der Waals surface area contributed by atoms with Crippen LogP contribution in [0.4, 0.5) is 18.9 Å². The molecular weight excluding hydrogens is 325 g/mol. The smallest absolute Gasteiger partial charge is 0.258 e. The lowest BCUT2D eigenvalue weighted by atomic mass is 9.93. The fraction of sp³-hybridized carbons (Fsp3) is 0.143. The maximum atomic E-state index is 12.4. The van der Waals surface area contributed by atoms with E-state index in [1.165, 1.54) is 11.2 Å². The van der Waals surface area contributed by atoms with E-state index in [0.717, 1.165) is 12.1 Å². The number of rotatable bonds is 2. The molecule has 0 saturated carbocycles. The van der Waals surface area contributed by atoms with Crippen molar-refractivity contribution in [1.29, 1.82) is 0 Å². The lowest BCUT2D eigenvalue weighted by Gasteiger charge is -2.08. The summed E-state index contributed by atoms with van der Waals surface area (Å²) in [6.45, 7) is 0. The lowest BCUT2D eigenvalue weighted by molar-refractivity contribution is -0.388. The molecule has 0 aliphatic rings. The van der Waals surface area contributed by atoms with Gasteiger partial charge in [-0.1, -0.05) is 11.5 Å². The number of benzene rings is 1. The molecule has 1 aromatic carbocycles. The average Bonchev–Trinajstić information content (AvgIpc) is 2.15. The number of alkyl halides is 3. The van der Waals surface area contributed by atoms with E-state index in [1.807, 2.05) is 0 Å². The second-order valence-corrected chi connectivity index (χ2v) is 3.26. The molecule has 0 amide bonds. The van der Waals surface area contributed by atoms with E-state index in [0.29, 0.717) is 0 Å². The predicted molar refractivity (Wildman–Crippen MR) is 57.5 cm³/mol. The van der Waals surface area contributed by atoms with E-state index in [4.69, 9.17) is 0 Å². The highest BCUT2D eigenvalue weighted by molar-refractivity contribution is 14.1. The summed E-state index contributed by atoms with van der Waals surface area (Å²) >= 11 is 1.77. The van der Waals surface area contributed by atoms with E-state index in [-0.39, 0.29) is 5.46 Å². The van der Waals surface area contributed by atoms with Crippen molar-refractivity contribution in [2.75, 3.05) is 0 Å². The SMILES string of the molecule is O=[N+]([O-])c1ccc([B]I)cc1C(F)(F)F. The molecule has 0 saturated heterocycles. The molecule has 79 valence electrons. The zero-order valence-corrected chi connectivity index (χ0v) is 9.24. The molecule has 0 unspecified atom stereocenters. The Labute approximate surface area is 96.9 Å². The van der Waals surface area contributed by atoms with Gasteiger partial charge in [-0.25, -0.2) is 0 Å². The van der Waals surface area contributed by atoms with Gasteiger partial charge in [0, 0.05) is 6.07 Å². The molecule has 8 heteroatoms. The molecule has 0 fully saturated rings. The van der Waals surface area contributed by atoms with E-state index in [9.17, 15) is 23.3 Å². The van der Waals surface area contributed by atoms with E-state index < -0.39 is 22.4 Å². The second-order valence-electron chi connectivity index (χ2n) is 2.64. The van der Waals surface area contributed by atoms with Gasteiger partial charge in [-0.3, -0.25) is 10.1 Å². The first-order chi connectivity index (χ1) is 6.86. The number of halogens is 4. The van der Waals surface area contributed by atoms with Crippen LogP contribution in [0, 0.1) is 10.1 Å². The van der Waals surface area contributed by atoms with Crippen LogP contribution in [0.25, 0.3) is 0 Å². The summed E-state index contributed by atoms with van der Waals surface area (Å²) in [4.78, 5) is 9.32. The zero-order valence-electron chi connectivity index (χ0n) is 7.08. The second kappa shape index (κ2) is 4.37. The fourth-order valence-electron chi connectivity index (χ4n) is 1.01. The van der Waals surface area contributed by atoms with Crippen LogP contribution in [0.1, 0.15) is 5.56 Å². The minimum Gasteiger partial charge on any atom is -0.258 e. The molecule has 0 N–H and O–H groups in total. The van der Waals surface area contributed by atoms with Crippen molar-refractivity contribution in [2.45, 2.75) is 6.18 Å². The van der Waals surface area contributed by atoms with Gasteiger partial charge in [0.1, 0.15) is 5.56 Å². The Morgan fingerprint density at radius 2 is 2.00 bits per heavy atom. The van der Waals surface area contributed by atoms with Crippen LogP contribution in [0.5, 0.6) is 0 Å². The molecular formula is C7H3BF3INO2. The standard InChI is InChI=1S/C7H3BF3INO2/c9-7(10,11)5-3-4(8-12)1-2-6(5)13(14)15/h1-3H. The van der Waals surface area contributed by atoms with Gasteiger partial charge in [-0.2, -0.15) is 35.5 Å². The number of hydrogen-bond acceptors (Lipinski definition) is 2. The molecule has 0 bridgehead atoms. The summed E-state index contributed by atoms with van der Waals surface area (Å²) in [5.41, 5.74) is -1.86. The Hall–Kier alpha value is -0.795. The molecule has 0 aliphatic carbocycles. The molecule has 0 aliphatic heterocycles. The van der Waals surface area contributed by atoms with Crippen LogP contribution in [0.15, 0.2) is 18.2 Å². The van der Waals surface area contributed by atoms with Crippen molar-refractivity contribution in [3.63, 3.8) is 0 Å². The molecule has 0 atom stereocenters. The maximum absolute atomic E-state index is 12.4. The van der Waals surface area contributed by atoms with Crippen LogP contribution >= 0.6 is 22.4 Å². The summed E-state index contributed by atoms with van der Waals surface area (Å²) < 4.78 is 37.2. The number of nitro benzene ring substituents is 1. The molecule has 1 radical (unpaired) electrons. The average molecular weight is 328 g/mol. The van der Waals surface area contributed by atoms with Crippen molar-refractivity contribution in [3.05, 3.63) is 33.9 Å². The van der Waals surface area contributed by atoms with Crippen molar-refractivity contribution < 1.29 is 18.1 Å². The topological polar surface area (TPSA) is 43.1 Å². The van der Waals surface area contributed by atoms with Crippen LogP contribution in [0.2, 0.25) is 0 Å². The first-order valence-electron chi connectivity index (χ1n) is 3.65. The highest BCUT2D eigenvalue weighted by Crippen LogP contribution is 2.35. The van der Waals surface area contributed by atoms with Gasteiger partial charge in [-0.05, 0) is 6.07 Å². The number of hydrogen-bond donors (Lipinski definition) is 0. The van der Waals surface area contributed by atoms with E-state index in [2.05, 4.69) is 0 Å². The van der Waals surface area contributed by atoms with Crippen LogP contribution < -0.4 is 5.46 Å². The third-order valence-electron chi connectivity index (χ3n) is 1.65. The van der Waals surface area contributed by atoms with Gasteiger partial charge in [0.25, 0.3) is 5.69 Å². The van der Waals surface area contributed by atoms with Crippen LogP contribution in [-0.2, 0) is 6.18 Å². The number of nitro groups is 1. The van der Waals surface area contributed by atoms with Gasteiger partial charge in [0.2, 0.25) is 5.14 Å². The Kier molecular flexibility index (Phi) is 3.58. The number of nitrogens with zero attached hydrogens (tertiary/aromatic N) is 1. The third-order valence-corrected chi connectivity index (χ3v) is 2.37. The minimum absolute atomic E-state index is 0.286. The lowest BCUT2D eigenvalue weighted by Crippen LogP contribution is -2.16. The Morgan fingerprint density at radius 3 is 2.40 bits per heavy atom. The summed E-state index contributed by atoms with van der Waals surface area (Å²) in [5.74, 6) is 0. The van der Waals surface area contributed by atoms with Crippen molar-refractivity contribution in [2.24, 2.45) is 0 Å². The normalized spacial score (nSPS) is 11.2. The largest absolute Gasteiger partial charge is 0.422 e. The summed E-state index contributed by atoms with van der Waals surface area (Å²) in [6, 6.07) is 2.87. The summed E-state index contributed by atoms with van der Waals surface area (Å²) in [5, 5.41) is 11.8. The molecule has 1 aromatic rings. The highest BCUT2D eigenvalue weighted by Gasteiger charge is 2.38. The van der Waals surface area contributed by atoms with Crippen LogP contribution in [-0.4, -0.2) is 10.1 Å². The van der Waals surface area contributed by atoms with Crippen LogP contribution in [0.3, 0.4) is 0 Å². The molecule has 0 heterocycles. The summed E-state index contributed by atoms with van der Waals surface area (Å²) in [7, 11) is 0. The first-order valence-corrected chi connectivity index (χ1v) is 4.90. The van der Waals surface area contributed by atoms with Gasteiger partial charge >= 0.3 is 6.18 Å². The van der Waals surface area contributed by atoms with Crippen molar-refractivity contribution in [3.8, 4) is 0 Å². The zero-order chi connectivity index (χ0) is 11.6. The Balaban J connectivity index is 3.36. The molecule has 3 nitrogen and oxygen atoms in total. The molecule has 0 spiro atoms. The van der Waals surface area contributed by atoms with Crippen molar-refractivity contribution in [1.82, 2.24) is 0 Å². The third kappa shape index (κ3) is 2.83. The minimum atomic E-state index is -4.71. The first kappa shape index (κ1) is 12.3. The van der Waals surface area contributed by atoms with Crippen molar-refractivity contribution >= 4 is 38.7 Å². The fourth-order valence-corrected chi connectivity index (χ4v) is 1.40. The molecule has 15 heavy (non-hydrogen) atoms. The predicted octanol–water partition coefficient (Wildman–Crippen LogP) is 2.29. The molecule has 0 aromatic heterocycles. The van der Waals surface area contributed by atoms with E-state index >= 15 is 0 Å². The monoisotopic (exact) mass is 328 g/mol. The van der Waals surface area contributed by atoms with Gasteiger partial charge in [0.05, 0.1) is 4.92 Å². The Morgan fingerprint density at radius 1 is 1.40 bits per heavy atom. The van der Waals surface area contributed by atoms with E-state index in [1.54, 1.807) is 22.4 Å². The summed E-state index contributed by atoms with van der Waals surface area (Å²) in [6.07, 6.45) is -4.71. The van der Waals surface area contributed by atoms with Gasteiger partial charge < -0.3 is 0 Å². The highest BCUT2D eigenvalue weighted by atomic mass is 127. The van der Waals surface area contributed by atoms with Gasteiger partial charge in [0.15, 0.2) is 0 Å². The quantitative estimate of drug-likeness (QED) is 0.362. The maximum Gasteiger partial charge on any atom is 0.422 e. The molecule has 1 rings (SSSR count).